The van der Waals surface area contributed by atoms with Crippen LogP contribution < -0.4 is 14.2 Å². The van der Waals surface area contributed by atoms with Gasteiger partial charge in [0.2, 0.25) is 0 Å². The molecule has 0 saturated carbocycles. The third-order valence-electron chi connectivity index (χ3n) is 3.88. The van der Waals surface area contributed by atoms with Crippen molar-refractivity contribution in [2.24, 2.45) is 0 Å². The third-order valence-corrected chi connectivity index (χ3v) is 3.88. The highest BCUT2D eigenvalue weighted by Crippen LogP contribution is 2.34. The lowest BCUT2D eigenvalue weighted by molar-refractivity contribution is -0.138. The lowest BCUT2D eigenvalue weighted by atomic mass is 9.91. The number of hydrogen-bond acceptors (Lipinski definition) is 5. The molecule has 0 spiro atoms. The number of phenolic OH excluding ortho intramolecular Hbond substituents is 1. The first-order valence-corrected chi connectivity index (χ1v) is 7.89. The fraction of sp³-hybridized carbons (Fsp3) is 0.316. The predicted octanol–water partition coefficient (Wildman–Crippen LogP) is 3.22. The second kappa shape index (κ2) is 8.28. The Balaban J connectivity index is 2.37. The molecule has 2 N–H and O–H groups in total. The van der Waals surface area contributed by atoms with Crippen molar-refractivity contribution in [3.63, 3.8) is 0 Å². The van der Waals surface area contributed by atoms with Gasteiger partial charge < -0.3 is 24.4 Å². The fourth-order valence-corrected chi connectivity index (χ4v) is 2.63. The van der Waals surface area contributed by atoms with Gasteiger partial charge in [-0.3, -0.25) is 4.79 Å². The van der Waals surface area contributed by atoms with Crippen LogP contribution in [0.2, 0.25) is 0 Å². The molecular weight excluding hydrogens is 324 g/mol. The van der Waals surface area contributed by atoms with Crippen molar-refractivity contribution in [3.8, 4) is 23.0 Å². The van der Waals surface area contributed by atoms with Crippen molar-refractivity contribution in [2.45, 2.75) is 19.3 Å². The van der Waals surface area contributed by atoms with E-state index in [9.17, 15) is 15.0 Å². The number of hydrogen-bond donors (Lipinski definition) is 2. The summed E-state index contributed by atoms with van der Waals surface area (Å²) < 4.78 is 15.8. The highest BCUT2D eigenvalue weighted by molar-refractivity contribution is 5.78. The molecule has 6 heteroatoms. The molecule has 2 rings (SSSR count). The monoisotopic (exact) mass is 346 g/mol. The van der Waals surface area contributed by atoms with E-state index in [2.05, 4.69) is 0 Å². The van der Waals surface area contributed by atoms with Crippen molar-refractivity contribution in [2.75, 3.05) is 20.8 Å². The molecule has 0 bridgehead atoms. The minimum absolute atomic E-state index is 0.0273. The summed E-state index contributed by atoms with van der Waals surface area (Å²) in [6.07, 6.45) is 0.235. The first-order valence-electron chi connectivity index (χ1n) is 7.89. The van der Waals surface area contributed by atoms with E-state index in [-0.39, 0.29) is 12.2 Å². The Hall–Kier alpha value is -2.89. The van der Waals surface area contributed by atoms with Crippen molar-refractivity contribution in [3.05, 3.63) is 47.5 Å². The highest BCUT2D eigenvalue weighted by atomic mass is 16.5. The molecule has 0 aliphatic carbocycles. The molecule has 6 nitrogen and oxygen atoms in total. The van der Waals surface area contributed by atoms with Gasteiger partial charge in [-0.25, -0.2) is 0 Å². The molecule has 2 aromatic carbocycles. The summed E-state index contributed by atoms with van der Waals surface area (Å²) in [6.45, 7) is 2.22. The molecule has 0 aliphatic heterocycles. The van der Waals surface area contributed by atoms with E-state index in [1.807, 2.05) is 6.92 Å². The number of carboxylic acid groups (broad SMARTS) is 1. The summed E-state index contributed by atoms with van der Waals surface area (Å²) in [5.41, 5.74) is 1.30. The van der Waals surface area contributed by atoms with Crippen molar-refractivity contribution < 1.29 is 29.2 Å². The molecule has 1 unspecified atom stereocenters. The number of aliphatic carboxylic acids is 1. The summed E-state index contributed by atoms with van der Waals surface area (Å²) in [4.78, 5) is 11.8. The number of methoxy groups -OCH3 is 2. The van der Waals surface area contributed by atoms with Crippen molar-refractivity contribution >= 4 is 5.97 Å². The summed E-state index contributed by atoms with van der Waals surface area (Å²) in [5.74, 6) is -0.358. The molecule has 0 radical (unpaired) electrons. The maximum Gasteiger partial charge on any atom is 0.311 e. The van der Waals surface area contributed by atoms with E-state index in [0.717, 1.165) is 5.56 Å². The number of carbonyl (C=O) groups is 1. The Morgan fingerprint density at radius 1 is 1.08 bits per heavy atom. The zero-order valence-corrected chi connectivity index (χ0v) is 14.5. The lowest BCUT2D eigenvalue weighted by Gasteiger charge is -2.18. The third kappa shape index (κ3) is 4.35. The van der Waals surface area contributed by atoms with Gasteiger partial charge in [0.05, 0.1) is 26.7 Å². The Morgan fingerprint density at radius 2 is 1.84 bits per heavy atom. The Labute approximate surface area is 146 Å². The average molecular weight is 346 g/mol. The van der Waals surface area contributed by atoms with Gasteiger partial charge in [-0.2, -0.15) is 0 Å². The topological polar surface area (TPSA) is 85.2 Å². The first kappa shape index (κ1) is 18.4. The molecule has 0 amide bonds. The maximum atomic E-state index is 11.8. The number of benzene rings is 2. The zero-order valence-electron chi connectivity index (χ0n) is 14.5. The van der Waals surface area contributed by atoms with E-state index in [4.69, 9.17) is 14.2 Å². The molecule has 134 valence electrons. The van der Waals surface area contributed by atoms with Crippen LogP contribution >= 0.6 is 0 Å². The number of phenols is 1. The maximum absolute atomic E-state index is 11.8. The number of rotatable bonds is 8. The van der Waals surface area contributed by atoms with Crippen LogP contribution in [0.4, 0.5) is 0 Å². The molecule has 0 fully saturated rings. The van der Waals surface area contributed by atoms with E-state index in [1.54, 1.807) is 30.3 Å². The molecule has 0 aliphatic rings. The summed E-state index contributed by atoms with van der Waals surface area (Å²) in [6, 6.07) is 9.91. The van der Waals surface area contributed by atoms with Gasteiger partial charge in [0, 0.05) is 11.6 Å². The van der Waals surface area contributed by atoms with Crippen molar-refractivity contribution in [1.82, 2.24) is 0 Å². The van der Waals surface area contributed by atoms with Gasteiger partial charge in [0.25, 0.3) is 0 Å². The minimum atomic E-state index is -0.963. The van der Waals surface area contributed by atoms with E-state index in [1.165, 1.54) is 20.3 Å². The first-order chi connectivity index (χ1) is 12.0. The lowest BCUT2D eigenvalue weighted by Crippen LogP contribution is -2.15. The quantitative estimate of drug-likeness (QED) is 0.763. The normalized spacial score (nSPS) is 11.6. The van der Waals surface area contributed by atoms with Crippen LogP contribution in [0.25, 0.3) is 0 Å². The molecule has 0 heterocycles. The van der Waals surface area contributed by atoms with Crippen molar-refractivity contribution in [1.29, 1.82) is 0 Å². The van der Waals surface area contributed by atoms with Crippen LogP contribution in [0.3, 0.4) is 0 Å². The average Bonchev–Trinajstić information content (AvgIpc) is 2.61. The van der Waals surface area contributed by atoms with E-state index < -0.39 is 11.9 Å². The standard InChI is InChI=1S/C19H22O6/c1-4-25-18-10-12(5-8-16(18)20)9-15(19(21)22)14-7-6-13(23-2)11-17(14)24-3/h5-8,10-11,15,20H,4,9H2,1-3H3,(H,21,22). The van der Waals surface area contributed by atoms with E-state index in [0.29, 0.717) is 29.4 Å². The Kier molecular flexibility index (Phi) is 6.11. The van der Waals surface area contributed by atoms with Gasteiger partial charge in [-0.15, -0.1) is 0 Å². The van der Waals surface area contributed by atoms with Crippen LogP contribution in [0.15, 0.2) is 36.4 Å². The number of carboxylic acids is 1. The molecule has 1 atom stereocenters. The van der Waals surface area contributed by atoms with Crippen LogP contribution in [-0.2, 0) is 11.2 Å². The zero-order chi connectivity index (χ0) is 18.4. The predicted molar refractivity (Wildman–Crippen MR) is 92.9 cm³/mol. The second-order valence-electron chi connectivity index (χ2n) is 5.44. The number of ether oxygens (including phenoxy) is 3. The summed E-state index contributed by atoms with van der Waals surface area (Å²) >= 11 is 0. The van der Waals surface area contributed by atoms with Gasteiger partial charge >= 0.3 is 5.97 Å². The molecule has 0 saturated heterocycles. The van der Waals surface area contributed by atoms with Gasteiger partial charge in [-0.05, 0) is 37.1 Å². The van der Waals surface area contributed by atoms with Crippen LogP contribution in [0.5, 0.6) is 23.0 Å². The van der Waals surface area contributed by atoms with Crippen LogP contribution in [0.1, 0.15) is 24.0 Å². The van der Waals surface area contributed by atoms with E-state index >= 15 is 0 Å². The Bertz CT molecular complexity index is 741. The number of aromatic hydroxyl groups is 1. The fourth-order valence-electron chi connectivity index (χ4n) is 2.63. The van der Waals surface area contributed by atoms with Gasteiger partial charge in [0.15, 0.2) is 11.5 Å². The second-order valence-corrected chi connectivity index (χ2v) is 5.44. The molecular formula is C19H22O6. The summed E-state index contributed by atoms with van der Waals surface area (Å²) in [7, 11) is 3.03. The summed E-state index contributed by atoms with van der Waals surface area (Å²) in [5, 5.41) is 19.5. The molecule has 2 aromatic rings. The van der Waals surface area contributed by atoms with Gasteiger partial charge in [0.1, 0.15) is 11.5 Å². The van der Waals surface area contributed by atoms with Crippen LogP contribution in [-0.4, -0.2) is 37.0 Å². The SMILES string of the molecule is CCOc1cc(CC(C(=O)O)c2ccc(OC)cc2OC)ccc1O. The Morgan fingerprint density at radius 3 is 2.44 bits per heavy atom. The largest absolute Gasteiger partial charge is 0.504 e. The van der Waals surface area contributed by atoms with Crippen LogP contribution in [0, 0.1) is 0 Å². The smallest absolute Gasteiger partial charge is 0.311 e. The highest BCUT2D eigenvalue weighted by Gasteiger charge is 2.25. The van der Waals surface area contributed by atoms with Gasteiger partial charge in [-0.1, -0.05) is 12.1 Å². The molecule has 0 aromatic heterocycles. The minimum Gasteiger partial charge on any atom is -0.504 e. The molecule has 25 heavy (non-hydrogen) atoms.